The van der Waals surface area contributed by atoms with Crippen LogP contribution in [0, 0.1) is 0 Å². The van der Waals surface area contributed by atoms with E-state index in [2.05, 4.69) is 9.88 Å². The molecule has 1 aliphatic heterocycles. The summed E-state index contributed by atoms with van der Waals surface area (Å²) in [4.78, 5) is 6.24. The highest BCUT2D eigenvalue weighted by molar-refractivity contribution is 5.85. The molecule has 16 heavy (non-hydrogen) atoms. The summed E-state index contributed by atoms with van der Waals surface area (Å²) >= 11 is 0. The zero-order valence-electron chi connectivity index (χ0n) is 9.17. The summed E-state index contributed by atoms with van der Waals surface area (Å²) in [5.74, 6) is 0. The highest BCUT2D eigenvalue weighted by Crippen LogP contribution is 2.24. The minimum atomic E-state index is -0.649. The van der Waals surface area contributed by atoms with Crippen LogP contribution in [-0.2, 0) is 0 Å². The molecule has 1 aromatic heterocycles. The lowest BCUT2D eigenvalue weighted by molar-refractivity contribution is 0.0250. The number of aliphatic hydroxyl groups is 1. The number of rotatable bonds is 2. The first-order valence-electron chi connectivity index (χ1n) is 5.31. The van der Waals surface area contributed by atoms with E-state index >= 15 is 0 Å². The topological polar surface area (TPSA) is 62.4 Å². The van der Waals surface area contributed by atoms with Crippen molar-refractivity contribution in [2.45, 2.75) is 18.4 Å². The minimum absolute atomic E-state index is 0. The van der Waals surface area contributed by atoms with Gasteiger partial charge in [-0.25, -0.2) is 0 Å². The number of piperidine rings is 1. The largest absolute Gasteiger partial charge is 0.388 e. The zero-order chi connectivity index (χ0) is 10.7. The molecular weight excluding hydrogens is 226 g/mol. The number of pyridine rings is 1. The Hall–Kier alpha value is -0.840. The van der Waals surface area contributed by atoms with Gasteiger partial charge in [-0.05, 0) is 25.0 Å². The zero-order valence-corrected chi connectivity index (χ0v) is 9.99. The minimum Gasteiger partial charge on any atom is -0.388 e. The molecule has 0 aliphatic carbocycles. The molecule has 0 aromatic carbocycles. The fourth-order valence-corrected chi connectivity index (χ4v) is 1.94. The van der Waals surface area contributed by atoms with Gasteiger partial charge in [-0.2, -0.15) is 0 Å². The molecule has 0 bridgehead atoms. The van der Waals surface area contributed by atoms with Crippen LogP contribution in [-0.4, -0.2) is 35.3 Å². The number of hydrogen-bond acceptors (Lipinski definition) is 4. The summed E-state index contributed by atoms with van der Waals surface area (Å²) < 4.78 is 0. The average Bonchev–Trinajstić information content (AvgIpc) is 2.31. The molecule has 90 valence electrons. The Bertz CT molecular complexity index is 312. The highest BCUT2D eigenvalue weighted by Gasteiger charge is 2.30. The van der Waals surface area contributed by atoms with Crippen LogP contribution in [0.25, 0.3) is 0 Å². The van der Waals surface area contributed by atoms with Crippen molar-refractivity contribution in [3.63, 3.8) is 0 Å². The maximum absolute atomic E-state index is 9.98. The summed E-state index contributed by atoms with van der Waals surface area (Å²) in [6.45, 7) is 2.08. The molecule has 5 heteroatoms. The second kappa shape index (κ2) is 5.48. The van der Waals surface area contributed by atoms with Gasteiger partial charge in [0.1, 0.15) is 0 Å². The van der Waals surface area contributed by atoms with Crippen LogP contribution < -0.4 is 10.6 Å². The molecule has 1 aliphatic rings. The Morgan fingerprint density at radius 3 is 2.38 bits per heavy atom. The molecule has 1 fully saturated rings. The SMILES string of the molecule is Cl.NCC1(O)CCN(c2ccncc2)CC1. The summed E-state index contributed by atoms with van der Waals surface area (Å²) in [7, 11) is 0. The molecule has 0 atom stereocenters. The Kier molecular flexibility index (Phi) is 4.53. The van der Waals surface area contributed by atoms with Crippen LogP contribution in [0.1, 0.15) is 12.8 Å². The van der Waals surface area contributed by atoms with E-state index in [0.717, 1.165) is 25.9 Å². The molecular formula is C11H18ClN3O. The molecule has 1 saturated heterocycles. The van der Waals surface area contributed by atoms with Gasteiger partial charge in [0, 0.05) is 37.7 Å². The van der Waals surface area contributed by atoms with E-state index in [-0.39, 0.29) is 12.4 Å². The van der Waals surface area contributed by atoms with Crippen LogP contribution >= 0.6 is 12.4 Å². The van der Waals surface area contributed by atoms with Gasteiger partial charge in [-0.3, -0.25) is 4.98 Å². The Morgan fingerprint density at radius 1 is 1.31 bits per heavy atom. The summed E-state index contributed by atoms with van der Waals surface area (Å²) in [5, 5.41) is 9.98. The van der Waals surface area contributed by atoms with Crippen molar-refractivity contribution in [3.05, 3.63) is 24.5 Å². The molecule has 0 unspecified atom stereocenters. The van der Waals surface area contributed by atoms with Crippen molar-refractivity contribution in [2.75, 3.05) is 24.5 Å². The van der Waals surface area contributed by atoms with Gasteiger partial charge in [0.05, 0.1) is 5.60 Å². The Morgan fingerprint density at radius 2 is 1.88 bits per heavy atom. The first-order chi connectivity index (χ1) is 7.23. The summed E-state index contributed by atoms with van der Waals surface area (Å²) in [6.07, 6.45) is 5.07. The van der Waals surface area contributed by atoms with E-state index < -0.39 is 5.60 Å². The van der Waals surface area contributed by atoms with E-state index in [1.807, 2.05) is 12.1 Å². The van der Waals surface area contributed by atoms with Crippen molar-refractivity contribution in [2.24, 2.45) is 5.73 Å². The Balaban J connectivity index is 0.00000128. The summed E-state index contributed by atoms with van der Waals surface area (Å²) in [5.41, 5.74) is 6.06. The molecule has 0 amide bonds. The number of nitrogens with two attached hydrogens (primary N) is 1. The first kappa shape index (κ1) is 13.2. The van der Waals surface area contributed by atoms with E-state index in [1.54, 1.807) is 12.4 Å². The van der Waals surface area contributed by atoms with Crippen LogP contribution in [0.3, 0.4) is 0 Å². The average molecular weight is 244 g/mol. The third-order valence-corrected chi connectivity index (χ3v) is 3.10. The Labute approximate surface area is 102 Å². The second-order valence-corrected chi connectivity index (χ2v) is 4.12. The molecule has 0 saturated carbocycles. The molecule has 1 aromatic rings. The molecule has 4 nitrogen and oxygen atoms in total. The van der Waals surface area contributed by atoms with E-state index in [0.29, 0.717) is 6.54 Å². The third-order valence-electron chi connectivity index (χ3n) is 3.10. The number of halogens is 1. The normalized spacial score (nSPS) is 19.0. The molecule has 0 spiro atoms. The number of hydrogen-bond donors (Lipinski definition) is 2. The van der Waals surface area contributed by atoms with Crippen molar-refractivity contribution in [1.82, 2.24) is 4.98 Å². The van der Waals surface area contributed by atoms with Crippen molar-refractivity contribution in [3.8, 4) is 0 Å². The van der Waals surface area contributed by atoms with Crippen molar-refractivity contribution >= 4 is 18.1 Å². The maximum Gasteiger partial charge on any atom is 0.0803 e. The van der Waals surface area contributed by atoms with E-state index in [4.69, 9.17) is 5.73 Å². The van der Waals surface area contributed by atoms with Gasteiger partial charge in [-0.15, -0.1) is 12.4 Å². The quantitative estimate of drug-likeness (QED) is 0.807. The molecule has 2 heterocycles. The fourth-order valence-electron chi connectivity index (χ4n) is 1.94. The maximum atomic E-state index is 9.98. The van der Waals surface area contributed by atoms with Gasteiger partial charge < -0.3 is 15.7 Å². The number of nitrogens with zero attached hydrogens (tertiary/aromatic N) is 2. The lowest BCUT2D eigenvalue weighted by atomic mass is 9.91. The van der Waals surface area contributed by atoms with Gasteiger partial charge in [-0.1, -0.05) is 0 Å². The smallest absolute Gasteiger partial charge is 0.0803 e. The predicted molar refractivity (Wildman–Crippen MR) is 66.9 cm³/mol. The predicted octanol–water partition coefficient (Wildman–Crippen LogP) is 0.793. The fraction of sp³-hybridized carbons (Fsp3) is 0.545. The molecule has 2 rings (SSSR count). The van der Waals surface area contributed by atoms with Gasteiger partial charge in [0.25, 0.3) is 0 Å². The van der Waals surface area contributed by atoms with Crippen LogP contribution in [0.4, 0.5) is 5.69 Å². The monoisotopic (exact) mass is 243 g/mol. The standard InChI is InChI=1S/C11H17N3O.ClH/c12-9-11(15)3-7-14(8-4-11)10-1-5-13-6-2-10;/h1-2,5-6,15H,3-4,7-9,12H2;1H. The highest BCUT2D eigenvalue weighted by atomic mass is 35.5. The van der Waals surface area contributed by atoms with Crippen LogP contribution in [0.5, 0.6) is 0 Å². The molecule has 0 radical (unpaired) electrons. The first-order valence-corrected chi connectivity index (χ1v) is 5.31. The van der Waals surface area contributed by atoms with Crippen molar-refractivity contribution < 1.29 is 5.11 Å². The lowest BCUT2D eigenvalue weighted by Gasteiger charge is -2.38. The van der Waals surface area contributed by atoms with Crippen molar-refractivity contribution in [1.29, 1.82) is 0 Å². The number of aromatic nitrogens is 1. The van der Waals surface area contributed by atoms with E-state index in [1.165, 1.54) is 5.69 Å². The summed E-state index contributed by atoms with van der Waals surface area (Å²) in [6, 6.07) is 3.99. The van der Waals surface area contributed by atoms with Gasteiger partial charge in [0.15, 0.2) is 0 Å². The van der Waals surface area contributed by atoms with Crippen LogP contribution in [0.15, 0.2) is 24.5 Å². The third kappa shape index (κ3) is 2.84. The number of anilines is 1. The van der Waals surface area contributed by atoms with Gasteiger partial charge >= 0.3 is 0 Å². The van der Waals surface area contributed by atoms with E-state index in [9.17, 15) is 5.11 Å². The molecule has 3 N–H and O–H groups in total. The lowest BCUT2D eigenvalue weighted by Crippen LogP contribution is -2.48. The second-order valence-electron chi connectivity index (χ2n) is 4.12. The van der Waals surface area contributed by atoms with Crippen LogP contribution in [0.2, 0.25) is 0 Å². The van der Waals surface area contributed by atoms with Gasteiger partial charge in [0.2, 0.25) is 0 Å².